The molecule has 0 aliphatic rings. The number of halogens is 1. The number of rotatable bonds is 5. The molecule has 1 aromatic carbocycles. The highest BCUT2D eigenvalue weighted by atomic mass is 35.5. The molecule has 1 heterocycles. The van der Waals surface area contributed by atoms with Crippen LogP contribution in [0.3, 0.4) is 0 Å². The summed E-state index contributed by atoms with van der Waals surface area (Å²) in [6.45, 7) is 0.296. The second-order valence-corrected chi connectivity index (χ2v) is 5.04. The van der Waals surface area contributed by atoms with E-state index in [1.165, 1.54) is 24.9 Å². The van der Waals surface area contributed by atoms with Crippen molar-refractivity contribution in [1.82, 2.24) is 4.57 Å². The molecule has 0 saturated heterocycles. The monoisotopic (exact) mass is 318 g/mol. The number of benzene rings is 1. The summed E-state index contributed by atoms with van der Waals surface area (Å²) in [6, 6.07) is 12.2. The first kappa shape index (κ1) is 16.2. The summed E-state index contributed by atoms with van der Waals surface area (Å²) in [5.74, 6) is 0. The minimum Gasteiger partial charge on any atom is -0.350 e. The van der Waals surface area contributed by atoms with Crippen molar-refractivity contribution in [2.24, 2.45) is 0 Å². The number of nitriles is 1. The lowest BCUT2D eigenvalue weighted by atomic mass is 10.2. The van der Waals surface area contributed by atoms with Gasteiger partial charge in [0.25, 0.3) is 5.56 Å². The van der Waals surface area contributed by atoms with Gasteiger partial charge in [-0.05, 0) is 29.8 Å². The predicted octanol–water partition coefficient (Wildman–Crippen LogP) is 2.71. The molecular formula is C16H15ClN2O3. The van der Waals surface area contributed by atoms with E-state index in [0.29, 0.717) is 17.3 Å². The Kier molecular flexibility index (Phi) is 5.34. The maximum Gasteiger partial charge on any atom is 0.269 e. The van der Waals surface area contributed by atoms with Crippen LogP contribution in [-0.4, -0.2) is 18.8 Å². The van der Waals surface area contributed by atoms with Crippen LogP contribution in [0.4, 0.5) is 0 Å². The molecule has 0 bridgehead atoms. The molecule has 0 aliphatic heterocycles. The van der Waals surface area contributed by atoms with Gasteiger partial charge in [0.1, 0.15) is 11.6 Å². The van der Waals surface area contributed by atoms with Crippen LogP contribution in [0.15, 0.2) is 41.2 Å². The standard InChI is InChI=1S/C16H15ClN2O3/c1-21-16(22-2)14-8-5-12(9-18)15(20)19(14)10-11-3-6-13(17)7-4-11/h3-8,16H,10H2,1-2H3. The van der Waals surface area contributed by atoms with Gasteiger partial charge in [-0.2, -0.15) is 5.26 Å². The molecule has 0 amide bonds. The van der Waals surface area contributed by atoms with Gasteiger partial charge in [0.05, 0.1) is 12.2 Å². The summed E-state index contributed by atoms with van der Waals surface area (Å²) in [6.07, 6.45) is -0.687. The van der Waals surface area contributed by atoms with Crippen molar-refractivity contribution in [3.05, 3.63) is 68.6 Å². The summed E-state index contributed by atoms with van der Waals surface area (Å²) in [7, 11) is 2.98. The zero-order valence-electron chi connectivity index (χ0n) is 12.2. The van der Waals surface area contributed by atoms with Crippen LogP contribution < -0.4 is 5.56 Å². The molecular weight excluding hydrogens is 304 g/mol. The second kappa shape index (κ2) is 7.23. The fourth-order valence-electron chi connectivity index (χ4n) is 2.16. The Labute approximate surface area is 133 Å². The lowest BCUT2D eigenvalue weighted by Gasteiger charge is -2.19. The molecule has 6 heteroatoms. The van der Waals surface area contributed by atoms with E-state index < -0.39 is 6.29 Å². The number of nitrogens with zero attached hydrogens (tertiary/aromatic N) is 2. The number of methoxy groups -OCH3 is 2. The first-order chi connectivity index (χ1) is 10.6. The fourth-order valence-corrected chi connectivity index (χ4v) is 2.28. The van der Waals surface area contributed by atoms with Crippen LogP contribution in [-0.2, 0) is 16.0 Å². The van der Waals surface area contributed by atoms with Gasteiger partial charge in [-0.25, -0.2) is 0 Å². The SMILES string of the molecule is COC(OC)c1ccc(C#N)c(=O)n1Cc1ccc(Cl)cc1. The Hall–Kier alpha value is -2.13. The molecule has 1 aromatic heterocycles. The third kappa shape index (κ3) is 3.37. The van der Waals surface area contributed by atoms with Crippen molar-refractivity contribution in [2.75, 3.05) is 14.2 Å². The number of ether oxygens (including phenoxy) is 2. The van der Waals surface area contributed by atoms with Crippen molar-refractivity contribution in [2.45, 2.75) is 12.8 Å². The molecule has 0 fully saturated rings. The molecule has 22 heavy (non-hydrogen) atoms. The van der Waals surface area contributed by atoms with Gasteiger partial charge in [0.2, 0.25) is 0 Å². The van der Waals surface area contributed by atoms with Crippen molar-refractivity contribution >= 4 is 11.6 Å². The number of pyridine rings is 1. The Morgan fingerprint density at radius 2 is 1.82 bits per heavy atom. The summed E-state index contributed by atoms with van der Waals surface area (Å²) in [5, 5.41) is 9.67. The van der Waals surface area contributed by atoms with Crippen molar-refractivity contribution in [3.8, 4) is 6.07 Å². The number of aromatic nitrogens is 1. The maximum atomic E-state index is 12.4. The van der Waals surface area contributed by atoms with Crippen molar-refractivity contribution in [1.29, 1.82) is 5.26 Å². The van der Waals surface area contributed by atoms with E-state index in [-0.39, 0.29) is 11.1 Å². The zero-order valence-corrected chi connectivity index (χ0v) is 13.0. The van der Waals surface area contributed by atoms with Gasteiger partial charge in [-0.15, -0.1) is 0 Å². The van der Waals surface area contributed by atoms with E-state index >= 15 is 0 Å². The summed E-state index contributed by atoms with van der Waals surface area (Å²) < 4.78 is 11.9. The van der Waals surface area contributed by atoms with E-state index in [2.05, 4.69) is 0 Å². The topological polar surface area (TPSA) is 64.2 Å². The molecule has 0 saturated carbocycles. The normalized spacial score (nSPS) is 10.7. The minimum absolute atomic E-state index is 0.0728. The largest absolute Gasteiger partial charge is 0.350 e. The van der Waals surface area contributed by atoms with E-state index in [1.54, 1.807) is 18.2 Å². The Morgan fingerprint density at radius 1 is 1.18 bits per heavy atom. The van der Waals surface area contributed by atoms with Gasteiger partial charge < -0.3 is 14.0 Å². The van der Waals surface area contributed by atoms with Crippen LogP contribution in [0.5, 0.6) is 0 Å². The fraction of sp³-hybridized carbons (Fsp3) is 0.250. The van der Waals surface area contributed by atoms with Gasteiger partial charge in [-0.3, -0.25) is 4.79 Å². The van der Waals surface area contributed by atoms with E-state index in [1.807, 2.05) is 18.2 Å². The van der Waals surface area contributed by atoms with Crippen molar-refractivity contribution in [3.63, 3.8) is 0 Å². The Bertz CT molecular complexity index is 743. The smallest absolute Gasteiger partial charge is 0.269 e. The van der Waals surface area contributed by atoms with E-state index in [0.717, 1.165) is 5.56 Å². The molecule has 114 valence electrons. The third-order valence-electron chi connectivity index (χ3n) is 3.25. The van der Waals surface area contributed by atoms with Crippen LogP contribution in [0.2, 0.25) is 5.02 Å². The average Bonchev–Trinajstić information content (AvgIpc) is 2.53. The highest BCUT2D eigenvalue weighted by molar-refractivity contribution is 6.30. The summed E-state index contributed by atoms with van der Waals surface area (Å²) >= 11 is 5.87. The van der Waals surface area contributed by atoms with Gasteiger partial charge >= 0.3 is 0 Å². The maximum absolute atomic E-state index is 12.4. The third-order valence-corrected chi connectivity index (χ3v) is 3.50. The molecule has 0 unspecified atom stereocenters. The quantitative estimate of drug-likeness (QED) is 0.795. The first-order valence-corrected chi connectivity index (χ1v) is 6.92. The molecule has 0 spiro atoms. The van der Waals surface area contributed by atoms with E-state index in [9.17, 15) is 4.79 Å². The van der Waals surface area contributed by atoms with Crippen LogP contribution >= 0.6 is 11.6 Å². The van der Waals surface area contributed by atoms with Gasteiger partial charge in [0.15, 0.2) is 6.29 Å². The van der Waals surface area contributed by atoms with Crippen LogP contribution in [0, 0.1) is 11.3 Å². The highest BCUT2D eigenvalue weighted by Gasteiger charge is 2.17. The summed E-state index contributed by atoms with van der Waals surface area (Å²) in [4.78, 5) is 12.4. The van der Waals surface area contributed by atoms with Crippen molar-refractivity contribution < 1.29 is 9.47 Å². The molecule has 0 aliphatic carbocycles. The van der Waals surface area contributed by atoms with Crippen LogP contribution in [0.25, 0.3) is 0 Å². The Morgan fingerprint density at radius 3 is 2.36 bits per heavy atom. The highest BCUT2D eigenvalue weighted by Crippen LogP contribution is 2.18. The Balaban J connectivity index is 2.53. The van der Waals surface area contributed by atoms with Gasteiger partial charge in [0, 0.05) is 19.2 Å². The molecule has 2 aromatic rings. The van der Waals surface area contributed by atoms with E-state index in [4.69, 9.17) is 26.3 Å². The lowest BCUT2D eigenvalue weighted by molar-refractivity contribution is -0.110. The first-order valence-electron chi connectivity index (χ1n) is 6.54. The molecule has 0 N–H and O–H groups in total. The molecule has 0 radical (unpaired) electrons. The van der Waals surface area contributed by atoms with Crippen LogP contribution in [0.1, 0.15) is 23.1 Å². The lowest BCUT2D eigenvalue weighted by Crippen LogP contribution is -2.28. The summed E-state index contributed by atoms with van der Waals surface area (Å²) in [5.41, 5.74) is 1.12. The number of hydrogen-bond donors (Lipinski definition) is 0. The second-order valence-electron chi connectivity index (χ2n) is 4.60. The minimum atomic E-state index is -0.687. The van der Waals surface area contributed by atoms with Gasteiger partial charge in [-0.1, -0.05) is 23.7 Å². The molecule has 5 nitrogen and oxygen atoms in total. The molecule has 0 atom stereocenters. The zero-order chi connectivity index (χ0) is 16.1. The predicted molar refractivity (Wildman–Crippen MR) is 82.7 cm³/mol. The average molecular weight is 319 g/mol. The molecule has 2 rings (SSSR count). The number of hydrogen-bond acceptors (Lipinski definition) is 4.